The standard InChI is InChI=1S/C16H24N4O/c1-4-16(5-2,11-21)10-18-14-12-8-6-7-9-13(12)19-15(17-3)20-14/h6-9,21H,4-5,10-11H2,1-3H3,(H2,17,18,19,20). The monoisotopic (exact) mass is 288 g/mol. The summed E-state index contributed by atoms with van der Waals surface area (Å²) in [5.41, 5.74) is 0.799. The molecule has 1 aromatic carbocycles. The molecule has 0 atom stereocenters. The number of nitrogens with zero attached hydrogens (tertiary/aromatic N) is 2. The van der Waals surface area contributed by atoms with Crippen LogP contribution in [0.2, 0.25) is 0 Å². The minimum absolute atomic E-state index is 0.105. The Kier molecular flexibility index (Phi) is 4.96. The zero-order valence-electron chi connectivity index (χ0n) is 13.0. The Morgan fingerprint density at radius 3 is 2.48 bits per heavy atom. The normalized spacial score (nSPS) is 11.6. The number of aliphatic hydroxyl groups is 1. The second-order valence-corrected chi connectivity index (χ2v) is 5.38. The van der Waals surface area contributed by atoms with Crippen molar-refractivity contribution in [3.8, 4) is 0 Å². The Morgan fingerprint density at radius 1 is 1.14 bits per heavy atom. The molecule has 2 aromatic rings. The molecule has 21 heavy (non-hydrogen) atoms. The number of rotatable bonds is 7. The summed E-state index contributed by atoms with van der Waals surface area (Å²) in [5, 5.41) is 17.1. The van der Waals surface area contributed by atoms with E-state index in [2.05, 4.69) is 34.4 Å². The van der Waals surface area contributed by atoms with E-state index in [0.29, 0.717) is 12.5 Å². The molecule has 0 amide bonds. The van der Waals surface area contributed by atoms with Gasteiger partial charge in [-0.3, -0.25) is 0 Å². The highest BCUT2D eigenvalue weighted by Crippen LogP contribution is 2.28. The maximum atomic E-state index is 9.68. The SMILES string of the molecule is CCC(CC)(CO)CNc1nc(NC)nc2ccccc12. The van der Waals surface area contributed by atoms with Gasteiger partial charge in [-0.2, -0.15) is 4.98 Å². The Balaban J connectivity index is 2.33. The summed E-state index contributed by atoms with van der Waals surface area (Å²) in [6, 6.07) is 7.93. The quantitative estimate of drug-likeness (QED) is 0.731. The summed E-state index contributed by atoms with van der Waals surface area (Å²) in [7, 11) is 1.81. The summed E-state index contributed by atoms with van der Waals surface area (Å²) in [4.78, 5) is 8.96. The van der Waals surface area contributed by atoms with E-state index in [1.54, 1.807) is 0 Å². The van der Waals surface area contributed by atoms with E-state index in [1.165, 1.54) is 0 Å². The highest BCUT2D eigenvalue weighted by atomic mass is 16.3. The first kappa shape index (κ1) is 15.5. The van der Waals surface area contributed by atoms with E-state index in [-0.39, 0.29) is 12.0 Å². The molecular weight excluding hydrogens is 264 g/mol. The molecule has 0 saturated carbocycles. The summed E-state index contributed by atoms with van der Waals surface area (Å²) in [5.74, 6) is 1.41. The summed E-state index contributed by atoms with van der Waals surface area (Å²) < 4.78 is 0. The van der Waals surface area contributed by atoms with Crippen LogP contribution in [0, 0.1) is 5.41 Å². The fourth-order valence-electron chi connectivity index (χ4n) is 2.37. The van der Waals surface area contributed by atoms with Gasteiger partial charge in [0.25, 0.3) is 0 Å². The number of aromatic nitrogens is 2. The van der Waals surface area contributed by atoms with Gasteiger partial charge in [0.05, 0.1) is 12.1 Å². The van der Waals surface area contributed by atoms with Crippen LogP contribution in [0.3, 0.4) is 0 Å². The molecule has 0 aliphatic carbocycles. The van der Waals surface area contributed by atoms with Crippen LogP contribution in [-0.4, -0.2) is 35.3 Å². The molecule has 0 aliphatic heterocycles. The molecule has 5 heteroatoms. The average molecular weight is 288 g/mol. The van der Waals surface area contributed by atoms with Gasteiger partial charge >= 0.3 is 0 Å². The van der Waals surface area contributed by atoms with Crippen LogP contribution in [0.1, 0.15) is 26.7 Å². The molecule has 1 heterocycles. The van der Waals surface area contributed by atoms with Crippen LogP contribution < -0.4 is 10.6 Å². The van der Waals surface area contributed by atoms with Gasteiger partial charge in [-0.1, -0.05) is 26.0 Å². The van der Waals surface area contributed by atoms with Crippen molar-refractivity contribution in [2.24, 2.45) is 5.41 Å². The third-order valence-corrected chi connectivity index (χ3v) is 4.29. The third-order valence-electron chi connectivity index (χ3n) is 4.29. The number of anilines is 2. The van der Waals surface area contributed by atoms with Gasteiger partial charge in [0.15, 0.2) is 0 Å². The number of aliphatic hydroxyl groups excluding tert-OH is 1. The number of para-hydroxylation sites is 1. The Morgan fingerprint density at radius 2 is 1.86 bits per heavy atom. The summed E-state index contributed by atoms with van der Waals surface area (Å²) >= 11 is 0. The zero-order valence-corrected chi connectivity index (χ0v) is 13.0. The molecule has 0 spiro atoms. The van der Waals surface area contributed by atoms with Crippen LogP contribution >= 0.6 is 0 Å². The highest BCUT2D eigenvalue weighted by molar-refractivity contribution is 5.90. The van der Waals surface area contributed by atoms with E-state index < -0.39 is 0 Å². The van der Waals surface area contributed by atoms with E-state index in [0.717, 1.165) is 29.6 Å². The van der Waals surface area contributed by atoms with Crippen molar-refractivity contribution < 1.29 is 5.11 Å². The minimum Gasteiger partial charge on any atom is -0.396 e. The summed E-state index contributed by atoms with van der Waals surface area (Å²) in [6.45, 7) is 5.09. The lowest BCUT2D eigenvalue weighted by Crippen LogP contribution is -2.32. The smallest absolute Gasteiger partial charge is 0.224 e. The van der Waals surface area contributed by atoms with Crippen LogP contribution in [0.25, 0.3) is 10.9 Å². The molecule has 2 rings (SSSR count). The lowest BCUT2D eigenvalue weighted by Gasteiger charge is -2.30. The first-order chi connectivity index (χ1) is 10.2. The molecule has 0 saturated heterocycles. The fraction of sp³-hybridized carbons (Fsp3) is 0.500. The topological polar surface area (TPSA) is 70.1 Å². The van der Waals surface area contributed by atoms with Crippen LogP contribution in [-0.2, 0) is 0 Å². The van der Waals surface area contributed by atoms with Crippen molar-refractivity contribution in [2.75, 3.05) is 30.8 Å². The van der Waals surface area contributed by atoms with E-state index in [1.807, 2.05) is 31.3 Å². The van der Waals surface area contributed by atoms with Crippen LogP contribution in [0.5, 0.6) is 0 Å². The first-order valence-corrected chi connectivity index (χ1v) is 7.47. The van der Waals surface area contributed by atoms with Gasteiger partial charge in [-0.25, -0.2) is 4.98 Å². The van der Waals surface area contributed by atoms with E-state index >= 15 is 0 Å². The lowest BCUT2D eigenvalue weighted by atomic mass is 9.83. The van der Waals surface area contributed by atoms with Crippen LogP contribution in [0.15, 0.2) is 24.3 Å². The number of hydrogen-bond acceptors (Lipinski definition) is 5. The highest BCUT2D eigenvalue weighted by Gasteiger charge is 2.25. The number of nitrogens with one attached hydrogen (secondary N) is 2. The number of hydrogen-bond donors (Lipinski definition) is 3. The van der Waals surface area contributed by atoms with Crippen molar-refractivity contribution >= 4 is 22.7 Å². The zero-order chi connectivity index (χ0) is 15.3. The summed E-state index contributed by atoms with van der Waals surface area (Å²) in [6.07, 6.45) is 1.85. The van der Waals surface area contributed by atoms with Gasteiger partial charge in [-0.05, 0) is 25.0 Å². The molecular formula is C16H24N4O. The second kappa shape index (κ2) is 6.72. The van der Waals surface area contributed by atoms with Gasteiger partial charge in [0, 0.05) is 24.4 Å². The fourth-order valence-corrected chi connectivity index (χ4v) is 2.37. The van der Waals surface area contributed by atoms with E-state index in [4.69, 9.17) is 0 Å². The molecule has 0 bridgehead atoms. The Hall–Kier alpha value is -1.88. The van der Waals surface area contributed by atoms with Crippen molar-refractivity contribution in [1.29, 1.82) is 0 Å². The number of benzene rings is 1. The molecule has 3 N–H and O–H groups in total. The lowest BCUT2D eigenvalue weighted by molar-refractivity contribution is 0.127. The van der Waals surface area contributed by atoms with Gasteiger partial charge in [0.1, 0.15) is 5.82 Å². The second-order valence-electron chi connectivity index (χ2n) is 5.38. The molecule has 5 nitrogen and oxygen atoms in total. The van der Waals surface area contributed by atoms with Crippen LogP contribution in [0.4, 0.5) is 11.8 Å². The molecule has 0 unspecified atom stereocenters. The maximum Gasteiger partial charge on any atom is 0.224 e. The van der Waals surface area contributed by atoms with Gasteiger partial charge < -0.3 is 15.7 Å². The van der Waals surface area contributed by atoms with Gasteiger partial charge in [0.2, 0.25) is 5.95 Å². The predicted octanol–water partition coefficient (Wildman–Crippen LogP) is 2.88. The molecule has 0 fully saturated rings. The Labute approximate surface area is 125 Å². The molecule has 1 aromatic heterocycles. The third kappa shape index (κ3) is 3.24. The van der Waals surface area contributed by atoms with Crippen molar-refractivity contribution in [1.82, 2.24) is 9.97 Å². The Bertz CT molecular complexity index is 588. The molecule has 114 valence electrons. The molecule has 0 aliphatic rings. The minimum atomic E-state index is -0.105. The van der Waals surface area contributed by atoms with Crippen molar-refractivity contribution in [3.05, 3.63) is 24.3 Å². The maximum absolute atomic E-state index is 9.68. The van der Waals surface area contributed by atoms with E-state index in [9.17, 15) is 5.11 Å². The van der Waals surface area contributed by atoms with Gasteiger partial charge in [-0.15, -0.1) is 0 Å². The number of fused-ring (bicyclic) bond motifs is 1. The van der Waals surface area contributed by atoms with Crippen molar-refractivity contribution in [3.63, 3.8) is 0 Å². The molecule has 0 radical (unpaired) electrons. The predicted molar refractivity (Wildman–Crippen MR) is 87.7 cm³/mol. The largest absolute Gasteiger partial charge is 0.396 e. The average Bonchev–Trinajstić information content (AvgIpc) is 2.56. The van der Waals surface area contributed by atoms with Crippen molar-refractivity contribution in [2.45, 2.75) is 26.7 Å². The first-order valence-electron chi connectivity index (χ1n) is 7.47.